The molecule has 0 aliphatic carbocycles. The van der Waals surface area contributed by atoms with E-state index in [4.69, 9.17) is 4.74 Å². The Kier molecular flexibility index (Phi) is 5.89. The maximum Gasteiger partial charge on any atom is 0.127 e. The molecule has 30 heavy (non-hydrogen) atoms. The van der Waals surface area contributed by atoms with Crippen LogP contribution in [-0.4, -0.2) is 15.4 Å². The molecule has 0 bridgehead atoms. The third kappa shape index (κ3) is 3.79. The van der Waals surface area contributed by atoms with Gasteiger partial charge in [0.1, 0.15) is 11.5 Å². The Bertz CT molecular complexity index is 1080. The second kappa shape index (κ2) is 7.96. The minimum absolute atomic E-state index is 0.266. The molecule has 0 fully saturated rings. The van der Waals surface area contributed by atoms with Gasteiger partial charge in [-0.15, -0.1) is 0 Å². The number of hydrogen-bond acceptors (Lipinski definition) is 3. The number of benzene rings is 3. The van der Waals surface area contributed by atoms with Crippen molar-refractivity contribution in [2.75, 3.05) is 0 Å². The molecule has 0 aliphatic rings. The van der Waals surface area contributed by atoms with Crippen LogP contribution in [0.5, 0.6) is 11.5 Å². The number of hydrogen-bond donors (Lipinski definition) is 2. The summed E-state index contributed by atoms with van der Waals surface area (Å²) in [5.74, 6) is 0.532. The molecule has 3 aromatic carbocycles. The molecule has 2 N–H and O–H groups in total. The van der Waals surface area contributed by atoms with E-state index in [2.05, 4.69) is 20.8 Å². The van der Waals surface area contributed by atoms with Gasteiger partial charge in [-0.1, -0.05) is 51.1 Å². The summed E-state index contributed by atoms with van der Waals surface area (Å²) < 4.78 is 5.38. The Morgan fingerprint density at radius 2 is 1.13 bits per heavy atom. The summed E-state index contributed by atoms with van der Waals surface area (Å²) in [5, 5.41) is 23.8. The Labute approximate surface area is 180 Å². The minimum atomic E-state index is -2.66. The lowest BCUT2D eigenvalue weighted by atomic mass is 10.1. The highest BCUT2D eigenvalue weighted by Gasteiger charge is 2.42. The summed E-state index contributed by atoms with van der Waals surface area (Å²) in [6.07, 6.45) is 0. The molecule has 0 aliphatic heterocycles. The molecule has 3 aromatic rings. The molecule has 0 atom stereocenters. The third-order valence-electron chi connectivity index (χ3n) is 5.54. The molecule has 0 heterocycles. The van der Waals surface area contributed by atoms with Crippen molar-refractivity contribution >= 4 is 23.4 Å². The van der Waals surface area contributed by atoms with Crippen LogP contribution in [-0.2, 0) is 0 Å². The number of rotatable bonds is 3. The van der Waals surface area contributed by atoms with Crippen LogP contribution in [0.2, 0.25) is 0 Å². The van der Waals surface area contributed by atoms with Crippen molar-refractivity contribution in [3.8, 4) is 11.5 Å². The van der Waals surface area contributed by atoms with Gasteiger partial charge in [0.2, 0.25) is 0 Å². The fourth-order valence-corrected chi connectivity index (χ4v) is 8.59. The first-order valence-corrected chi connectivity index (χ1v) is 12.0. The maximum atomic E-state index is 11.3. The van der Waals surface area contributed by atoms with Crippen LogP contribution in [0, 0.1) is 27.7 Å². The van der Waals surface area contributed by atoms with Crippen molar-refractivity contribution in [1.29, 1.82) is 0 Å². The van der Waals surface area contributed by atoms with Gasteiger partial charge in [0.25, 0.3) is 0 Å². The molecular weight excluding hydrogens is 389 g/mol. The van der Waals surface area contributed by atoms with E-state index in [9.17, 15) is 10.2 Å². The van der Waals surface area contributed by atoms with E-state index in [0.29, 0.717) is 0 Å². The fraction of sp³-hybridized carbons (Fsp3) is 0.308. The summed E-state index contributed by atoms with van der Waals surface area (Å²) in [6.45, 7) is 14.4. The summed E-state index contributed by atoms with van der Waals surface area (Å²) in [6, 6.07) is 18.0. The van der Waals surface area contributed by atoms with Gasteiger partial charge < -0.3 is 10.2 Å². The summed E-state index contributed by atoms with van der Waals surface area (Å²) in [7, 11) is -2.66. The van der Waals surface area contributed by atoms with Crippen molar-refractivity contribution < 1.29 is 10.2 Å². The molecule has 0 spiro atoms. The third-order valence-corrected chi connectivity index (χ3v) is 10.1. The molecule has 4 heteroatoms. The smallest absolute Gasteiger partial charge is 0.127 e. The van der Waals surface area contributed by atoms with Crippen LogP contribution in [0.25, 0.3) is 0 Å². The van der Waals surface area contributed by atoms with E-state index in [1.165, 1.54) is 0 Å². The van der Waals surface area contributed by atoms with E-state index in [1.807, 2.05) is 82.3 Å². The lowest BCUT2D eigenvalue weighted by Gasteiger charge is -2.39. The Morgan fingerprint density at radius 1 is 0.700 bits per heavy atom. The van der Waals surface area contributed by atoms with Gasteiger partial charge in [0, 0.05) is 22.8 Å². The Hall–Kier alpha value is -2.51. The second-order valence-electron chi connectivity index (χ2n) is 9.14. The average Bonchev–Trinajstić information content (AvgIpc) is 2.65. The molecule has 3 nitrogen and oxygen atoms in total. The van der Waals surface area contributed by atoms with Crippen molar-refractivity contribution in [2.24, 2.45) is 4.74 Å². The van der Waals surface area contributed by atoms with Crippen LogP contribution in [0.4, 0.5) is 5.69 Å². The van der Waals surface area contributed by atoms with Crippen LogP contribution < -0.4 is 10.6 Å². The first-order chi connectivity index (χ1) is 14.0. The number of nitrogens with zero attached hydrogens (tertiary/aromatic N) is 1. The SMILES string of the molecule is Cc1cc(C)c(O)c(P(=Nc2ccccc2)(c2cc(C)cc(C)c2O)C(C)(C)C)c1. The molecule has 0 aromatic heterocycles. The normalized spacial score (nSPS) is 12.1. The van der Waals surface area contributed by atoms with Crippen molar-refractivity contribution in [3.63, 3.8) is 0 Å². The number of phenols is 2. The molecule has 0 amide bonds. The van der Waals surface area contributed by atoms with E-state index in [1.54, 1.807) is 0 Å². The standard InChI is InChI=1S/C26H32NO2P/c1-17-13-19(3)24(28)22(15-17)30(26(5,6)7,27-21-11-9-8-10-12-21)23-16-18(2)14-20(4)25(23)29/h8-16,28-29H,1-7H3. The van der Waals surface area contributed by atoms with Gasteiger partial charge in [-0.05, 0) is 74.2 Å². The van der Waals surface area contributed by atoms with Gasteiger partial charge in [-0.3, -0.25) is 4.74 Å². The first kappa shape index (κ1) is 22.2. The predicted octanol–water partition coefficient (Wildman–Crippen LogP) is 6.61. The maximum absolute atomic E-state index is 11.3. The Balaban J connectivity index is 2.63. The largest absolute Gasteiger partial charge is 0.507 e. The van der Waals surface area contributed by atoms with E-state index >= 15 is 0 Å². The first-order valence-electron chi connectivity index (χ1n) is 10.3. The molecule has 0 saturated carbocycles. The van der Waals surface area contributed by atoms with Gasteiger partial charge in [0.15, 0.2) is 0 Å². The number of aryl methyl sites for hydroxylation is 4. The highest BCUT2D eigenvalue weighted by atomic mass is 31.2. The topological polar surface area (TPSA) is 52.8 Å². The zero-order valence-corrected chi connectivity index (χ0v) is 19.9. The summed E-state index contributed by atoms with van der Waals surface area (Å²) in [5.41, 5.74) is 4.64. The quantitative estimate of drug-likeness (QED) is 0.467. The average molecular weight is 422 g/mol. The molecule has 0 unspecified atom stereocenters. The molecular formula is C26H32NO2P. The van der Waals surface area contributed by atoms with Crippen LogP contribution in [0.1, 0.15) is 43.0 Å². The predicted molar refractivity (Wildman–Crippen MR) is 130 cm³/mol. The van der Waals surface area contributed by atoms with E-state index < -0.39 is 7.05 Å². The summed E-state index contributed by atoms with van der Waals surface area (Å²) in [4.78, 5) is 0. The van der Waals surface area contributed by atoms with Crippen LogP contribution >= 0.6 is 7.05 Å². The molecule has 158 valence electrons. The number of phenolic OH excluding ortho intramolecular Hbond substituents is 2. The fourth-order valence-electron chi connectivity index (χ4n) is 4.15. The van der Waals surface area contributed by atoms with Crippen LogP contribution in [0.3, 0.4) is 0 Å². The zero-order valence-electron chi connectivity index (χ0n) is 19.0. The van der Waals surface area contributed by atoms with E-state index in [-0.39, 0.29) is 16.7 Å². The Morgan fingerprint density at radius 3 is 1.53 bits per heavy atom. The van der Waals surface area contributed by atoms with Crippen molar-refractivity contribution in [2.45, 2.75) is 53.6 Å². The summed E-state index contributed by atoms with van der Waals surface area (Å²) >= 11 is 0. The highest BCUT2D eigenvalue weighted by molar-refractivity contribution is 7.82. The van der Waals surface area contributed by atoms with Gasteiger partial charge in [-0.25, -0.2) is 0 Å². The van der Waals surface area contributed by atoms with Gasteiger partial charge >= 0.3 is 0 Å². The molecule has 0 radical (unpaired) electrons. The van der Waals surface area contributed by atoms with E-state index in [0.717, 1.165) is 38.6 Å². The van der Waals surface area contributed by atoms with Gasteiger partial charge in [-0.2, -0.15) is 0 Å². The number of aromatic hydroxyl groups is 2. The van der Waals surface area contributed by atoms with Crippen molar-refractivity contribution in [1.82, 2.24) is 0 Å². The highest BCUT2D eigenvalue weighted by Crippen LogP contribution is 2.63. The van der Waals surface area contributed by atoms with Gasteiger partial charge in [0.05, 0.1) is 5.69 Å². The molecule has 0 saturated heterocycles. The second-order valence-corrected chi connectivity index (χ2v) is 12.9. The lowest BCUT2D eigenvalue weighted by molar-refractivity contribution is 0.474. The monoisotopic (exact) mass is 421 g/mol. The lowest BCUT2D eigenvalue weighted by Crippen LogP contribution is -2.32. The van der Waals surface area contributed by atoms with Crippen molar-refractivity contribution in [3.05, 3.63) is 76.9 Å². The minimum Gasteiger partial charge on any atom is -0.507 e. The molecule has 3 rings (SSSR count). The zero-order chi connectivity index (χ0) is 22.3. The van der Waals surface area contributed by atoms with Crippen LogP contribution in [0.15, 0.2) is 59.3 Å².